The highest BCUT2D eigenvalue weighted by Crippen LogP contribution is 2.28. The van der Waals surface area contributed by atoms with Crippen LogP contribution in [0.25, 0.3) is 0 Å². The number of nitrogens with zero attached hydrogens (tertiary/aromatic N) is 2. The van der Waals surface area contributed by atoms with Gasteiger partial charge in [0.05, 0.1) is 5.69 Å². The highest BCUT2D eigenvalue weighted by atomic mass is 35.5. The number of carbonyl (C=O) groups is 1. The Bertz CT molecular complexity index is 882. The van der Waals surface area contributed by atoms with Crippen molar-refractivity contribution in [1.82, 2.24) is 4.90 Å². The zero-order chi connectivity index (χ0) is 21.8. The molecule has 2 aromatic carbocycles. The molecule has 1 aliphatic heterocycles. The second-order valence-corrected chi connectivity index (χ2v) is 8.58. The summed E-state index contributed by atoms with van der Waals surface area (Å²) in [4.78, 5) is 16.7. The predicted molar refractivity (Wildman–Crippen MR) is 121 cm³/mol. The van der Waals surface area contributed by atoms with Gasteiger partial charge in [-0.15, -0.1) is 0 Å². The quantitative estimate of drug-likeness (QED) is 0.662. The molecule has 1 atom stereocenters. The predicted octanol–water partition coefficient (Wildman–Crippen LogP) is 5.07. The zero-order valence-corrected chi connectivity index (χ0v) is 18.8. The van der Waals surface area contributed by atoms with Gasteiger partial charge in [0.2, 0.25) is 0 Å². The minimum atomic E-state index is -0.813. The van der Waals surface area contributed by atoms with Gasteiger partial charge in [0, 0.05) is 34.9 Å². The second kappa shape index (κ2) is 9.86. The summed E-state index contributed by atoms with van der Waals surface area (Å²) in [6, 6.07) is 10.0. The van der Waals surface area contributed by atoms with E-state index in [0.29, 0.717) is 33.2 Å². The first-order valence-corrected chi connectivity index (χ1v) is 10.6. The molecule has 0 bridgehead atoms. The topological polar surface area (TPSA) is 44.8 Å². The lowest BCUT2D eigenvalue weighted by atomic mass is 10.0. The Balaban J connectivity index is 1.60. The van der Waals surface area contributed by atoms with E-state index >= 15 is 0 Å². The minimum absolute atomic E-state index is 0.355. The van der Waals surface area contributed by atoms with E-state index in [1.165, 1.54) is 6.07 Å². The fraction of sp³-hybridized carbons (Fsp3) is 0.409. The molecule has 5 nitrogen and oxygen atoms in total. The Kier molecular flexibility index (Phi) is 7.45. The number of anilines is 2. The fourth-order valence-corrected chi connectivity index (χ4v) is 4.07. The molecule has 1 fully saturated rings. The van der Waals surface area contributed by atoms with Gasteiger partial charge in [-0.3, -0.25) is 4.79 Å². The van der Waals surface area contributed by atoms with Crippen LogP contribution >= 0.6 is 23.2 Å². The first kappa shape index (κ1) is 22.7. The molecule has 0 aromatic heterocycles. The van der Waals surface area contributed by atoms with E-state index in [9.17, 15) is 9.18 Å². The van der Waals surface area contributed by atoms with Crippen LogP contribution in [0.2, 0.25) is 10.0 Å². The monoisotopic (exact) mass is 453 g/mol. The number of nitrogens with one attached hydrogen (secondary N) is 1. The largest absolute Gasteiger partial charge is 0.481 e. The first-order chi connectivity index (χ1) is 14.2. The van der Waals surface area contributed by atoms with Gasteiger partial charge >= 0.3 is 0 Å². The summed E-state index contributed by atoms with van der Waals surface area (Å²) < 4.78 is 20.3. The van der Waals surface area contributed by atoms with Crippen molar-refractivity contribution in [2.45, 2.75) is 31.9 Å². The molecular formula is C22H26Cl2FN3O2. The van der Waals surface area contributed by atoms with Gasteiger partial charge in [-0.25, -0.2) is 4.39 Å². The number of carbonyl (C=O) groups excluding carboxylic acids is 1. The van der Waals surface area contributed by atoms with Gasteiger partial charge in [0.1, 0.15) is 11.6 Å². The number of piperidine rings is 1. The molecule has 30 heavy (non-hydrogen) atoms. The average molecular weight is 454 g/mol. The molecule has 8 heteroatoms. The summed E-state index contributed by atoms with van der Waals surface area (Å²) in [6.07, 6.45) is 1.17. The van der Waals surface area contributed by atoms with Gasteiger partial charge in [-0.2, -0.15) is 0 Å². The Morgan fingerprint density at radius 1 is 1.17 bits per heavy atom. The number of ether oxygens (including phenoxy) is 1. The molecule has 1 saturated heterocycles. The minimum Gasteiger partial charge on any atom is -0.481 e. The Morgan fingerprint density at radius 2 is 1.80 bits per heavy atom. The number of amides is 1. The number of rotatable bonds is 6. The Labute approximate surface area is 186 Å². The maximum absolute atomic E-state index is 14.7. The third kappa shape index (κ3) is 5.78. The molecule has 1 amide bonds. The summed E-state index contributed by atoms with van der Waals surface area (Å²) >= 11 is 11.9. The number of benzene rings is 2. The van der Waals surface area contributed by atoms with Crippen LogP contribution in [0.4, 0.5) is 15.8 Å². The van der Waals surface area contributed by atoms with Crippen molar-refractivity contribution in [3.8, 4) is 5.75 Å². The summed E-state index contributed by atoms with van der Waals surface area (Å²) in [5.74, 6) is -0.367. The van der Waals surface area contributed by atoms with E-state index in [2.05, 4.69) is 29.2 Å². The van der Waals surface area contributed by atoms with Gasteiger partial charge in [0.25, 0.3) is 5.91 Å². The van der Waals surface area contributed by atoms with Crippen molar-refractivity contribution in [3.63, 3.8) is 0 Å². The normalized spacial score (nSPS) is 15.9. The van der Waals surface area contributed by atoms with E-state index in [4.69, 9.17) is 27.9 Å². The van der Waals surface area contributed by atoms with E-state index < -0.39 is 12.0 Å². The van der Waals surface area contributed by atoms with E-state index in [1.54, 1.807) is 37.3 Å². The van der Waals surface area contributed by atoms with Crippen molar-refractivity contribution in [1.29, 1.82) is 0 Å². The van der Waals surface area contributed by atoms with Gasteiger partial charge in [0.15, 0.2) is 6.10 Å². The lowest BCUT2D eigenvalue weighted by Crippen LogP contribution is -2.42. The van der Waals surface area contributed by atoms with Crippen LogP contribution < -0.4 is 15.0 Å². The van der Waals surface area contributed by atoms with Gasteiger partial charge in [-0.05, 0) is 70.3 Å². The summed E-state index contributed by atoms with van der Waals surface area (Å²) in [7, 11) is 4.15. The summed E-state index contributed by atoms with van der Waals surface area (Å²) in [5, 5.41) is 3.52. The lowest BCUT2D eigenvalue weighted by Gasteiger charge is -2.36. The van der Waals surface area contributed by atoms with Crippen molar-refractivity contribution >= 4 is 40.5 Å². The van der Waals surface area contributed by atoms with E-state index in [0.717, 1.165) is 25.9 Å². The third-order valence-corrected chi connectivity index (χ3v) is 5.71. The molecule has 1 aliphatic rings. The van der Waals surface area contributed by atoms with Crippen molar-refractivity contribution in [2.75, 3.05) is 37.4 Å². The van der Waals surface area contributed by atoms with Crippen molar-refractivity contribution < 1.29 is 13.9 Å². The zero-order valence-electron chi connectivity index (χ0n) is 17.3. The van der Waals surface area contributed by atoms with Crippen LogP contribution in [0, 0.1) is 5.82 Å². The molecule has 0 aliphatic carbocycles. The maximum atomic E-state index is 14.7. The van der Waals surface area contributed by atoms with Crippen LogP contribution in [0.1, 0.15) is 19.8 Å². The number of halogens is 3. The average Bonchev–Trinajstić information content (AvgIpc) is 2.67. The standard InChI is InChI=1S/C22H26Cl2FN3O2/c1-14(30-19-11-15(23)10-16(24)12-19)22(29)26-17-4-5-21(20(25)13-17)28-8-6-18(7-9-28)27(2)3/h4-5,10-14,18H,6-9H2,1-3H3,(H,26,29). The van der Waals surface area contributed by atoms with Crippen LogP contribution in [-0.4, -0.2) is 50.1 Å². The van der Waals surface area contributed by atoms with Gasteiger partial charge < -0.3 is 19.9 Å². The lowest BCUT2D eigenvalue weighted by molar-refractivity contribution is -0.122. The van der Waals surface area contributed by atoms with Gasteiger partial charge in [-0.1, -0.05) is 23.2 Å². The second-order valence-electron chi connectivity index (χ2n) is 7.70. The maximum Gasteiger partial charge on any atom is 0.265 e. The summed E-state index contributed by atoms with van der Waals surface area (Å²) in [6.45, 7) is 3.21. The van der Waals surface area contributed by atoms with Crippen LogP contribution in [-0.2, 0) is 4.79 Å². The highest BCUT2D eigenvalue weighted by molar-refractivity contribution is 6.34. The Hall–Kier alpha value is -2.02. The SMILES string of the molecule is CC(Oc1cc(Cl)cc(Cl)c1)C(=O)Nc1ccc(N2CCC(N(C)C)CC2)c(F)c1. The van der Waals surface area contributed by atoms with Crippen LogP contribution in [0.3, 0.4) is 0 Å². The van der Waals surface area contributed by atoms with Crippen LogP contribution in [0.15, 0.2) is 36.4 Å². The smallest absolute Gasteiger partial charge is 0.265 e. The van der Waals surface area contributed by atoms with E-state index in [-0.39, 0.29) is 5.82 Å². The molecule has 1 heterocycles. The molecule has 3 rings (SSSR count). The molecule has 2 aromatic rings. The molecule has 0 spiro atoms. The molecule has 0 saturated carbocycles. The summed E-state index contributed by atoms with van der Waals surface area (Å²) in [5.41, 5.74) is 0.937. The molecular weight excluding hydrogens is 428 g/mol. The fourth-order valence-electron chi connectivity index (χ4n) is 3.56. The Morgan fingerprint density at radius 3 is 2.37 bits per heavy atom. The van der Waals surface area contributed by atoms with Crippen LogP contribution in [0.5, 0.6) is 5.75 Å². The first-order valence-electron chi connectivity index (χ1n) is 9.87. The molecule has 1 unspecified atom stereocenters. The highest BCUT2D eigenvalue weighted by Gasteiger charge is 2.23. The number of hydrogen-bond acceptors (Lipinski definition) is 4. The number of hydrogen-bond donors (Lipinski definition) is 1. The molecule has 1 N–H and O–H groups in total. The van der Waals surface area contributed by atoms with Crippen molar-refractivity contribution in [2.24, 2.45) is 0 Å². The molecule has 0 radical (unpaired) electrons. The third-order valence-electron chi connectivity index (χ3n) is 5.27. The molecule has 162 valence electrons. The van der Waals surface area contributed by atoms with E-state index in [1.807, 2.05) is 0 Å². The van der Waals surface area contributed by atoms with Crippen molar-refractivity contribution in [3.05, 3.63) is 52.3 Å².